The van der Waals surface area contributed by atoms with Gasteiger partial charge in [-0.15, -0.1) is 0 Å². The molecule has 33 heavy (non-hydrogen) atoms. The smallest absolute Gasteiger partial charge is 0.252 e. The van der Waals surface area contributed by atoms with Gasteiger partial charge in [-0.25, -0.2) is 0 Å². The topological polar surface area (TPSA) is 74.4 Å². The summed E-state index contributed by atoms with van der Waals surface area (Å²) in [5.74, 6) is 1.56. The van der Waals surface area contributed by atoms with Crippen LogP contribution in [0.3, 0.4) is 0 Å². The highest BCUT2D eigenvalue weighted by Gasteiger charge is 2.48. The van der Waals surface area contributed by atoms with E-state index in [1.54, 1.807) is 6.92 Å². The van der Waals surface area contributed by atoms with Gasteiger partial charge in [0.05, 0.1) is 31.5 Å². The third-order valence-corrected chi connectivity index (χ3v) is 8.95. The van der Waals surface area contributed by atoms with Crippen molar-refractivity contribution in [1.29, 1.82) is 0 Å². The normalized spacial score (nSPS) is 40.5. The monoisotopic (exact) mass is 462 g/mol. The summed E-state index contributed by atoms with van der Waals surface area (Å²) < 4.78 is 11.3. The number of fused-ring (bicyclic) bond motifs is 1. The second-order valence-corrected chi connectivity index (χ2v) is 10.9. The van der Waals surface area contributed by atoms with Gasteiger partial charge < -0.3 is 24.6 Å². The zero-order chi connectivity index (χ0) is 22.9. The molecule has 7 atom stereocenters. The second kappa shape index (κ2) is 10.2. The fraction of sp³-hybridized carbons (Fsp3) is 0.920. The number of piperidine rings is 1. The summed E-state index contributed by atoms with van der Waals surface area (Å²) in [6, 6.07) is 0.333. The van der Waals surface area contributed by atoms with Crippen molar-refractivity contribution in [2.45, 2.75) is 89.2 Å². The first-order chi connectivity index (χ1) is 16.0. The van der Waals surface area contributed by atoms with Crippen LogP contribution >= 0.6 is 0 Å². The molecule has 8 nitrogen and oxygen atoms in total. The molecule has 0 bridgehead atoms. The van der Waals surface area contributed by atoms with Crippen LogP contribution < -0.4 is 5.32 Å². The van der Waals surface area contributed by atoms with Gasteiger partial charge in [-0.3, -0.25) is 14.5 Å². The lowest BCUT2D eigenvalue weighted by Crippen LogP contribution is -2.68. The SMILES string of the molecule is CC(=O)N1C2CCC(C3CCC(N4CCOCC4)NC3)CC2N(C(=O)C2CCCO2)C[C@@H]1C. The Morgan fingerprint density at radius 2 is 1.73 bits per heavy atom. The number of nitrogens with zero attached hydrogens (tertiary/aromatic N) is 3. The number of carbonyl (C=O) groups is 2. The predicted molar refractivity (Wildman–Crippen MR) is 124 cm³/mol. The minimum atomic E-state index is -0.285. The second-order valence-electron chi connectivity index (χ2n) is 10.9. The number of carbonyl (C=O) groups excluding carboxylic acids is 2. The van der Waals surface area contributed by atoms with E-state index in [4.69, 9.17) is 9.47 Å². The molecule has 2 amide bonds. The van der Waals surface area contributed by atoms with E-state index in [0.717, 1.165) is 65.0 Å². The molecule has 0 aromatic heterocycles. The van der Waals surface area contributed by atoms with Crippen LogP contribution in [0, 0.1) is 11.8 Å². The Morgan fingerprint density at radius 3 is 2.39 bits per heavy atom. The summed E-state index contributed by atoms with van der Waals surface area (Å²) in [6.07, 6.45) is 7.56. The molecule has 1 N–H and O–H groups in total. The molecule has 0 radical (unpaired) electrons. The van der Waals surface area contributed by atoms with E-state index in [1.807, 2.05) is 0 Å². The number of amides is 2. The minimum Gasteiger partial charge on any atom is -0.379 e. The molecule has 4 aliphatic heterocycles. The Balaban J connectivity index is 1.26. The van der Waals surface area contributed by atoms with E-state index in [-0.39, 0.29) is 36.0 Å². The van der Waals surface area contributed by atoms with Crippen LogP contribution in [0.1, 0.15) is 58.8 Å². The number of hydrogen-bond acceptors (Lipinski definition) is 6. The third-order valence-electron chi connectivity index (χ3n) is 8.95. The molecule has 0 aromatic carbocycles. The average molecular weight is 463 g/mol. The first-order valence-corrected chi connectivity index (χ1v) is 13.3. The highest BCUT2D eigenvalue weighted by atomic mass is 16.5. The molecule has 1 saturated carbocycles. The highest BCUT2D eigenvalue weighted by molar-refractivity contribution is 5.82. The zero-order valence-electron chi connectivity index (χ0n) is 20.4. The van der Waals surface area contributed by atoms with Crippen molar-refractivity contribution in [3.8, 4) is 0 Å². The highest BCUT2D eigenvalue weighted by Crippen LogP contribution is 2.41. The van der Waals surface area contributed by atoms with Gasteiger partial charge in [0.25, 0.3) is 5.91 Å². The van der Waals surface area contributed by atoms with Crippen molar-refractivity contribution in [2.24, 2.45) is 11.8 Å². The van der Waals surface area contributed by atoms with Gasteiger partial charge in [0.15, 0.2) is 0 Å². The van der Waals surface area contributed by atoms with Crippen molar-refractivity contribution < 1.29 is 19.1 Å². The van der Waals surface area contributed by atoms with Crippen molar-refractivity contribution in [1.82, 2.24) is 20.0 Å². The van der Waals surface area contributed by atoms with E-state index in [2.05, 4.69) is 26.9 Å². The number of hydrogen-bond donors (Lipinski definition) is 1. The molecular weight excluding hydrogens is 420 g/mol. The Kier molecular flexibility index (Phi) is 7.26. The molecule has 186 valence electrons. The number of morpholine rings is 1. The maximum absolute atomic E-state index is 13.4. The van der Waals surface area contributed by atoms with E-state index in [1.165, 1.54) is 12.8 Å². The van der Waals surface area contributed by atoms with Crippen LogP contribution in [0.25, 0.3) is 0 Å². The minimum absolute atomic E-state index is 0.0660. The first-order valence-electron chi connectivity index (χ1n) is 13.3. The van der Waals surface area contributed by atoms with Gasteiger partial charge in [-0.2, -0.15) is 0 Å². The number of ether oxygens (including phenoxy) is 2. The van der Waals surface area contributed by atoms with Gasteiger partial charge in [0, 0.05) is 39.2 Å². The van der Waals surface area contributed by atoms with Crippen LogP contribution in [0.5, 0.6) is 0 Å². The van der Waals surface area contributed by atoms with Gasteiger partial charge in [0.1, 0.15) is 6.10 Å². The maximum atomic E-state index is 13.4. The van der Waals surface area contributed by atoms with Crippen LogP contribution in [0.15, 0.2) is 0 Å². The molecule has 0 aromatic rings. The fourth-order valence-electron chi connectivity index (χ4n) is 7.31. The Labute approximate surface area is 198 Å². The van der Waals surface area contributed by atoms with E-state index in [0.29, 0.717) is 31.2 Å². The molecule has 1 aliphatic carbocycles. The van der Waals surface area contributed by atoms with Gasteiger partial charge in [-0.05, 0) is 70.3 Å². The van der Waals surface area contributed by atoms with Crippen LogP contribution in [-0.2, 0) is 19.1 Å². The van der Waals surface area contributed by atoms with Gasteiger partial charge in [-0.1, -0.05) is 0 Å². The van der Waals surface area contributed by atoms with E-state index >= 15 is 0 Å². The van der Waals surface area contributed by atoms with Crippen LogP contribution in [0.4, 0.5) is 0 Å². The van der Waals surface area contributed by atoms with Gasteiger partial charge in [0.2, 0.25) is 5.91 Å². The zero-order valence-corrected chi connectivity index (χ0v) is 20.4. The number of piperazine rings is 1. The van der Waals surface area contributed by atoms with Gasteiger partial charge >= 0.3 is 0 Å². The quantitative estimate of drug-likeness (QED) is 0.684. The summed E-state index contributed by atoms with van der Waals surface area (Å²) in [5, 5.41) is 3.83. The molecular formula is C25H42N4O4. The Hall–Kier alpha value is -1.22. The van der Waals surface area contributed by atoms with E-state index < -0.39 is 0 Å². The lowest BCUT2D eigenvalue weighted by molar-refractivity contribution is -0.160. The van der Waals surface area contributed by atoms with Crippen LogP contribution in [0.2, 0.25) is 0 Å². The lowest BCUT2D eigenvalue weighted by Gasteiger charge is -2.55. The summed E-state index contributed by atoms with van der Waals surface area (Å²) >= 11 is 0. The van der Waals surface area contributed by atoms with Crippen molar-refractivity contribution in [3.63, 3.8) is 0 Å². The summed E-state index contributed by atoms with van der Waals surface area (Å²) in [6.45, 7) is 9.88. The largest absolute Gasteiger partial charge is 0.379 e. The Bertz CT molecular complexity index is 701. The lowest BCUT2D eigenvalue weighted by atomic mass is 9.71. The molecule has 4 heterocycles. The summed E-state index contributed by atoms with van der Waals surface area (Å²) in [5.41, 5.74) is 0. The number of rotatable bonds is 3. The molecule has 8 heteroatoms. The average Bonchev–Trinajstić information content (AvgIpc) is 3.38. The summed E-state index contributed by atoms with van der Waals surface area (Å²) in [4.78, 5) is 32.7. The molecule has 5 aliphatic rings. The third kappa shape index (κ3) is 4.81. The maximum Gasteiger partial charge on any atom is 0.252 e. The molecule has 5 fully saturated rings. The standard InChI is InChI=1S/C25H42N4O4/c1-17-16-28(25(31)23-4-3-11-33-23)22-14-19(5-7-21(22)29(17)18(2)30)20-6-8-24(26-15-20)27-9-12-32-13-10-27/h17,19-24,26H,3-16H2,1-2H3/t17-,19?,20?,21?,22?,23?,24?/m0/s1. The molecule has 0 spiro atoms. The predicted octanol–water partition coefficient (Wildman–Crippen LogP) is 1.44. The van der Waals surface area contributed by atoms with Crippen molar-refractivity contribution in [2.75, 3.05) is 46.0 Å². The van der Waals surface area contributed by atoms with Crippen LogP contribution in [-0.4, -0.2) is 103 Å². The van der Waals surface area contributed by atoms with E-state index in [9.17, 15) is 9.59 Å². The molecule has 4 saturated heterocycles. The summed E-state index contributed by atoms with van der Waals surface area (Å²) in [7, 11) is 0. The molecule has 5 rings (SSSR count). The first kappa shape index (κ1) is 23.5. The van der Waals surface area contributed by atoms with Crippen molar-refractivity contribution >= 4 is 11.8 Å². The fourth-order valence-corrected chi connectivity index (χ4v) is 7.31. The van der Waals surface area contributed by atoms with Crippen molar-refractivity contribution in [3.05, 3.63) is 0 Å². The number of nitrogens with one attached hydrogen (secondary N) is 1. The Morgan fingerprint density at radius 1 is 0.939 bits per heavy atom. The molecule has 6 unspecified atom stereocenters.